The third kappa shape index (κ3) is 2.85. The van der Waals surface area contributed by atoms with Crippen molar-refractivity contribution >= 4 is 5.69 Å². The van der Waals surface area contributed by atoms with Gasteiger partial charge in [-0.25, -0.2) is 0 Å². The van der Waals surface area contributed by atoms with Crippen LogP contribution in [0, 0.1) is 17.0 Å². The predicted molar refractivity (Wildman–Crippen MR) is 73.0 cm³/mol. The smallest absolute Gasteiger partial charge is 0.279 e. The highest BCUT2D eigenvalue weighted by molar-refractivity contribution is 5.49. The molecule has 2 aromatic rings. The summed E-state index contributed by atoms with van der Waals surface area (Å²) in [5.74, 6) is 1.02. The molecule has 1 aromatic heterocycles. The summed E-state index contributed by atoms with van der Waals surface area (Å²) >= 11 is 0. The number of benzene rings is 1. The van der Waals surface area contributed by atoms with Crippen molar-refractivity contribution in [2.75, 3.05) is 7.11 Å². The molecule has 0 radical (unpaired) electrons. The number of methoxy groups -OCH3 is 1. The van der Waals surface area contributed by atoms with Gasteiger partial charge in [0.15, 0.2) is 0 Å². The Morgan fingerprint density at radius 3 is 2.65 bits per heavy atom. The van der Waals surface area contributed by atoms with E-state index in [1.165, 1.54) is 13.2 Å². The van der Waals surface area contributed by atoms with E-state index < -0.39 is 4.92 Å². The molecule has 0 aliphatic rings. The monoisotopic (exact) mass is 274 g/mol. The fourth-order valence-electron chi connectivity index (χ4n) is 1.83. The Morgan fingerprint density at radius 2 is 2.00 bits per heavy atom. The Kier molecular flexibility index (Phi) is 4.14. The van der Waals surface area contributed by atoms with Gasteiger partial charge < -0.3 is 9.47 Å². The minimum atomic E-state index is -0.447. The Morgan fingerprint density at radius 1 is 1.25 bits per heavy atom. The van der Waals surface area contributed by atoms with Crippen molar-refractivity contribution in [2.24, 2.45) is 0 Å². The summed E-state index contributed by atoms with van der Waals surface area (Å²) in [5, 5.41) is 11.1. The van der Waals surface area contributed by atoms with Gasteiger partial charge in [-0.1, -0.05) is 6.07 Å². The Bertz CT molecular complexity index is 628. The van der Waals surface area contributed by atoms with Crippen LogP contribution in [0.1, 0.15) is 11.3 Å². The van der Waals surface area contributed by atoms with Crippen LogP contribution in [0.4, 0.5) is 5.69 Å². The van der Waals surface area contributed by atoms with E-state index in [1.807, 2.05) is 6.92 Å². The van der Waals surface area contributed by atoms with Crippen LogP contribution in [0.15, 0.2) is 36.5 Å². The van der Waals surface area contributed by atoms with Gasteiger partial charge >= 0.3 is 0 Å². The Hall–Kier alpha value is -2.63. The topological polar surface area (TPSA) is 74.5 Å². The summed E-state index contributed by atoms with van der Waals surface area (Å²) in [4.78, 5) is 14.7. The summed E-state index contributed by atoms with van der Waals surface area (Å²) in [6, 6.07) is 8.19. The third-order valence-corrected chi connectivity index (χ3v) is 2.86. The number of aryl methyl sites for hydroxylation is 1. The van der Waals surface area contributed by atoms with Crippen LogP contribution < -0.4 is 9.47 Å². The number of rotatable bonds is 5. The van der Waals surface area contributed by atoms with Gasteiger partial charge in [0, 0.05) is 12.3 Å². The molecule has 0 N–H and O–H groups in total. The SMILES string of the molecule is COc1cccc([N+](=O)[O-])c1COc1cccnc1C. The number of pyridine rings is 1. The molecule has 0 aliphatic heterocycles. The van der Waals surface area contributed by atoms with Gasteiger partial charge in [-0.3, -0.25) is 15.1 Å². The van der Waals surface area contributed by atoms with E-state index in [4.69, 9.17) is 9.47 Å². The largest absolute Gasteiger partial charge is 0.496 e. The molecule has 20 heavy (non-hydrogen) atoms. The normalized spacial score (nSPS) is 10.1. The van der Waals surface area contributed by atoms with Gasteiger partial charge in [-0.2, -0.15) is 0 Å². The van der Waals surface area contributed by atoms with Gasteiger partial charge in [0.05, 0.1) is 17.7 Å². The van der Waals surface area contributed by atoms with Crippen LogP contribution >= 0.6 is 0 Å². The fourth-order valence-corrected chi connectivity index (χ4v) is 1.83. The van der Waals surface area contributed by atoms with Gasteiger partial charge in [-0.05, 0) is 25.1 Å². The highest BCUT2D eigenvalue weighted by atomic mass is 16.6. The van der Waals surface area contributed by atoms with Crippen LogP contribution in [-0.2, 0) is 6.61 Å². The number of aromatic nitrogens is 1. The molecule has 1 aromatic carbocycles. The van der Waals surface area contributed by atoms with E-state index in [0.29, 0.717) is 17.1 Å². The first kappa shape index (κ1) is 13.8. The van der Waals surface area contributed by atoms with E-state index in [9.17, 15) is 10.1 Å². The lowest BCUT2D eigenvalue weighted by atomic mass is 10.1. The maximum absolute atomic E-state index is 11.1. The minimum Gasteiger partial charge on any atom is -0.496 e. The Balaban J connectivity index is 2.29. The predicted octanol–water partition coefficient (Wildman–Crippen LogP) is 2.89. The molecule has 0 fully saturated rings. The van der Waals surface area contributed by atoms with Crippen LogP contribution in [0.25, 0.3) is 0 Å². The summed E-state index contributed by atoms with van der Waals surface area (Å²) in [5.41, 5.74) is 1.11. The molecule has 6 nitrogen and oxygen atoms in total. The maximum atomic E-state index is 11.1. The van der Waals surface area contributed by atoms with Crippen molar-refractivity contribution in [1.29, 1.82) is 0 Å². The molecule has 0 aliphatic carbocycles. The number of nitro benzene ring substituents is 1. The highest BCUT2D eigenvalue weighted by Crippen LogP contribution is 2.29. The van der Waals surface area contributed by atoms with Gasteiger partial charge in [-0.15, -0.1) is 0 Å². The summed E-state index contributed by atoms with van der Waals surface area (Å²) in [6.07, 6.45) is 1.66. The second kappa shape index (κ2) is 6.01. The van der Waals surface area contributed by atoms with Crippen molar-refractivity contribution in [3.63, 3.8) is 0 Å². The Labute approximate surface area is 116 Å². The zero-order chi connectivity index (χ0) is 14.5. The molecule has 0 saturated carbocycles. The van der Waals surface area contributed by atoms with Gasteiger partial charge in [0.25, 0.3) is 5.69 Å². The van der Waals surface area contributed by atoms with Crippen molar-refractivity contribution in [3.8, 4) is 11.5 Å². The lowest BCUT2D eigenvalue weighted by Gasteiger charge is -2.11. The third-order valence-electron chi connectivity index (χ3n) is 2.86. The van der Waals surface area contributed by atoms with E-state index >= 15 is 0 Å². The summed E-state index contributed by atoms with van der Waals surface area (Å²) in [6.45, 7) is 1.86. The molecule has 0 spiro atoms. The van der Waals surface area contributed by atoms with E-state index in [2.05, 4.69) is 4.98 Å². The number of nitro groups is 1. The van der Waals surface area contributed by atoms with Crippen LogP contribution in [-0.4, -0.2) is 17.0 Å². The van der Waals surface area contributed by atoms with Crippen LogP contribution in [0.3, 0.4) is 0 Å². The summed E-state index contributed by atoms with van der Waals surface area (Å²) in [7, 11) is 1.47. The molecule has 0 amide bonds. The molecule has 0 atom stereocenters. The van der Waals surface area contributed by atoms with Crippen molar-refractivity contribution in [3.05, 3.63) is 57.9 Å². The number of hydrogen-bond acceptors (Lipinski definition) is 5. The molecule has 1 heterocycles. The van der Waals surface area contributed by atoms with E-state index in [1.54, 1.807) is 30.5 Å². The average molecular weight is 274 g/mol. The highest BCUT2D eigenvalue weighted by Gasteiger charge is 2.19. The molecule has 0 bridgehead atoms. The molecular weight excluding hydrogens is 260 g/mol. The van der Waals surface area contributed by atoms with Crippen LogP contribution in [0.5, 0.6) is 11.5 Å². The zero-order valence-electron chi connectivity index (χ0n) is 11.2. The number of ether oxygens (including phenoxy) is 2. The molecule has 6 heteroatoms. The fraction of sp³-hybridized carbons (Fsp3) is 0.214. The first-order valence-electron chi connectivity index (χ1n) is 5.98. The molecule has 104 valence electrons. The van der Waals surface area contributed by atoms with Crippen molar-refractivity contribution in [2.45, 2.75) is 13.5 Å². The minimum absolute atomic E-state index is 0.0223. The second-order valence-electron chi connectivity index (χ2n) is 4.09. The number of hydrogen-bond donors (Lipinski definition) is 0. The molecule has 2 rings (SSSR count). The first-order chi connectivity index (χ1) is 9.63. The quantitative estimate of drug-likeness (QED) is 0.619. The number of nitrogens with zero attached hydrogens (tertiary/aromatic N) is 2. The van der Waals surface area contributed by atoms with E-state index in [0.717, 1.165) is 5.69 Å². The lowest BCUT2D eigenvalue weighted by molar-refractivity contribution is -0.385. The lowest BCUT2D eigenvalue weighted by Crippen LogP contribution is -2.04. The zero-order valence-corrected chi connectivity index (χ0v) is 11.2. The van der Waals surface area contributed by atoms with Crippen molar-refractivity contribution in [1.82, 2.24) is 4.98 Å². The first-order valence-corrected chi connectivity index (χ1v) is 5.98. The standard InChI is InChI=1S/C14H14N2O4/c1-10-13(7-4-8-15-10)20-9-11-12(16(17)18)5-3-6-14(11)19-2/h3-8H,9H2,1-2H3. The molecule has 0 saturated heterocycles. The second-order valence-corrected chi connectivity index (χ2v) is 4.09. The average Bonchev–Trinajstić information content (AvgIpc) is 2.46. The molecular formula is C14H14N2O4. The maximum Gasteiger partial charge on any atom is 0.279 e. The van der Waals surface area contributed by atoms with Crippen molar-refractivity contribution < 1.29 is 14.4 Å². The van der Waals surface area contributed by atoms with Gasteiger partial charge in [0.1, 0.15) is 23.7 Å². The van der Waals surface area contributed by atoms with Crippen LogP contribution in [0.2, 0.25) is 0 Å². The van der Waals surface area contributed by atoms with Gasteiger partial charge in [0.2, 0.25) is 0 Å². The summed E-state index contributed by atoms with van der Waals surface area (Å²) < 4.78 is 10.8. The molecule has 0 unspecified atom stereocenters. The van der Waals surface area contributed by atoms with E-state index in [-0.39, 0.29) is 12.3 Å².